The summed E-state index contributed by atoms with van der Waals surface area (Å²) in [6.07, 6.45) is -4.34. The monoisotopic (exact) mass is 165 g/mol. The third-order valence-corrected chi connectivity index (χ3v) is 0.861. The Labute approximate surface area is 58.9 Å². The topological polar surface area (TPSA) is 25.8 Å². The van der Waals surface area contributed by atoms with Crippen LogP contribution in [0.25, 0.3) is 0 Å². The summed E-state index contributed by atoms with van der Waals surface area (Å²) < 4.78 is 47.0. The number of nitrogens with zero attached hydrogens (tertiary/aromatic N) is 2. The molecule has 1 radical (unpaired) electrons. The minimum absolute atomic E-state index is 0.475. The lowest BCUT2D eigenvalue weighted by atomic mass is 10.4. The van der Waals surface area contributed by atoms with Crippen molar-refractivity contribution in [1.82, 2.24) is 9.97 Å². The van der Waals surface area contributed by atoms with Gasteiger partial charge in [-0.3, -0.25) is 0 Å². The fourth-order valence-electron chi connectivity index (χ4n) is 0.449. The van der Waals surface area contributed by atoms with Crippen molar-refractivity contribution in [3.63, 3.8) is 0 Å². The van der Waals surface area contributed by atoms with Crippen molar-refractivity contribution in [2.45, 2.75) is 6.18 Å². The number of hydrogen-bond acceptors (Lipinski definition) is 2. The number of aromatic nitrogens is 2. The fraction of sp³-hybridized carbons (Fsp3) is 0.200. The Morgan fingerprint density at radius 1 is 1.36 bits per heavy atom. The van der Waals surface area contributed by atoms with Gasteiger partial charge in [0.15, 0.2) is 5.69 Å². The van der Waals surface area contributed by atoms with Crippen molar-refractivity contribution in [3.05, 3.63) is 24.0 Å². The van der Waals surface area contributed by atoms with E-state index in [9.17, 15) is 17.6 Å². The molecule has 0 saturated heterocycles. The van der Waals surface area contributed by atoms with Gasteiger partial charge in [0.1, 0.15) is 0 Å². The van der Waals surface area contributed by atoms with Crippen LogP contribution in [0.1, 0.15) is 5.69 Å². The van der Waals surface area contributed by atoms with E-state index in [1.807, 2.05) is 0 Å². The molecule has 0 bridgehead atoms. The maximum absolute atomic E-state index is 11.9. The van der Waals surface area contributed by atoms with Crippen LogP contribution in [0.4, 0.5) is 17.6 Å². The maximum atomic E-state index is 11.9. The van der Waals surface area contributed by atoms with Crippen LogP contribution < -0.4 is 0 Å². The van der Waals surface area contributed by atoms with Crippen LogP contribution in [-0.4, -0.2) is 9.97 Å². The Kier molecular flexibility index (Phi) is 1.76. The molecule has 11 heavy (non-hydrogen) atoms. The Hall–Kier alpha value is -1.20. The highest BCUT2D eigenvalue weighted by molar-refractivity contribution is 5.01. The molecule has 0 aliphatic carbocycles. The van der Waals surface area contributed by atoms with Gasteiger partial charge < -0.3 is 0 Å². The zero-order valence-electron chi connectivity index (χ0n) is 4.98. The van der Waals surface area contributed by atoms with E-state index in [1.54, 1.807) is 6.20 Å². The van der Waals surface area contributed by atoms with Crippen LogP contribution in [0.2, 0.25) is 0 Å². The first-order chi connectivity index (χ1) is 5.00. The third kappa shape index (κ3) is 1.86. The predicted octanol–water partition coefficient (Wildman–Crippen LogP) is 1.43. The quantitative estimate of drug-likeness (QED) is 0.429. The van der Waals surface area contributed by atoms with E-state index in [2.05, 4.69) is 9.97 Å². The lowest BCUT2D eigenvalue weighted by molar-refractivity contribution is -0.141. The molecule has 0 amide bonds. The van der Waals surface area contributed by atoms with Crippen LogP contribution in [0, 0.1) is 12.3 Å². The molecule has 0 fully saturated rings. The highest BCUT2D eigenvalue weighted by Gasteiger charge is 2.32. The van der Waals surface area contributed by atoms with E-state index >= 15 is 0 Å². The summed E-state index contributed by atoms with van der Waals surface area (Å²) in [7, 11) is 0. The van der Waals surface area contributed by atoms with Crippen molar-refractivity contribution < 1.29 is 17.6 Å². The summed E-state index contributed by atoms with van der Waals surface area (Å²) in [6.45, 7) is 0. The normalized spacial score (nSPS) is 11.6. The Bertz CT molecular complexity index is 257. The molecule has 0 atom stereocenters. The Morgan fingerprint density at radius 3 is 2.36 bits per heavy atom. The second-order valence-electron chi connectivity index (χ2n) is 1.65. The molecule has 59 valence electrons. The van der Waals surface area contributed by atoms with Crippen molar-refractivity contribution in [3.8, 4) is 0 Å². The van der Waals surface area contributed by atoms with E-state index in [0.717, 1.165) is 0 Å². The number of alkyl halides is 3. The molecule has 0 aliphatic rings. The van der Waals surface area contributed by atoms with Gasteiger partial charge in [-0.25, -0.2) is 4.98 Å². The average Bonchev–Trinajstić information content (AvgIpc) is 1.86. The van der Waals surface area contributed by atoms with E-state index in [4.69, 9.17) is 0 Å². The third-order valence-electron chi connectivity index (χ3n) is 0.861. The van der Waals surface area contributed by atoms with Gasteiger partial charge >= 0.3 is 12.3 Å². The zero-order chi connectivity index (χ0) is 8.48. The van der Waals surface area contributed by atoms with Gasteiger partial charge in [0.05, 0.1) is 6.20 Å². The number of halogens is 4. The molecule has 0 spiro atoms. The lowest BCUT2D eigenvalue weighted by Gasteiger charge is -2.02. The van der Waals surface area contributed by atoms with Crippen LogP contribution >= 0.6 is 0 Å². The lowest BCUT2D eigenvalue weighted by Crippen LogP contribution is -2.09. The van der Waals surface area contributed by atoms with E-state index in [1.165, 1.54) is 0 Å². The Morgan fingerprint density at radius 2 is 2.00 bits per heavy atom. The largest absolute Gasteiger partial charge is 0.433 e. The van der Waals surface area contributed by atoms with Gasteiger partial charge in [-0.05, 0) is 6.07 Å². The number of rotatable bonds is 0. The van der Waals surface area contributed by atoms with Crippen molar-refractivity contribution in [1.29, 1.82) is 0 Å². The van der Waals surface area contributed by atoms with E-state index in [-0.39, 0.29) is 0 Å². The summed E-state index contributed by atoms with van der Waals surface area (Å²) in [6, 6.07) is 0.475. The van der Waals surface area contributed by atoms with Gasteiger partial charge in [-0.15, -0.1) is 0 Å². The van der Waals surface area contributed by atoms with Crippen molar-refractivity contribution in [2.24, 2.45) is 0 Å². The van der Waals surface area contributed by atoms with Crippen LogP contribution in [0.3, 0.4) is 0 Å². The van der Waals surface area contributed by atoms with Crippen molar-refractivity contribution in [2.75, 3.05) is 0 Å². The van der Waals surface area contributed by atoms with Gasteiger partial charge in [-0.2, -0.15) is 22.5 Å². The SMILES string of the molecule is Fc1n[c]cc(C(F)(F)F)n1. The molecule has 1 rings (SSSR count). The second-order valence-corrected chi connectivity index (χ2v) is 1.65. The molecule has 0 aromatic carbocycles. The summed E-state index contributed by atoms with van der Waals surface area (Å²) in [5, 5.41) is 0. The maximum Gasteiger partial charge on any atom is 0.433 e. The molecule has 0 N–H and O–H groups in total. The molecular weight excluding hydrogens is 164 g/mol. The molecule has 0 saturated carbocycles. The highest BCUT2D eigenvalue weighted by Crippen LogP contribution is 2.26. The fourth-order valence-corrected chi connectivity index (χ4v) is 0.449. The average molecular weight is 165 g/mol. The molecule has 0 unspecified atom stereocenters. The standard InChI is InChI=1S/C5HF4N2/c6-4-10-2-1-3(11-4)5(7,8)9/h1H. The smallest absolute Gasteiger partial charge is 0.200 e. The van der Waals surface area contributed by atoms with Gasteiger partial charge in [0, 0.05) is 0 Å². The molecule has 0 aliphatic heterocycles. The minimum atomic E-state index is -4.64. The van der Waals surface area contributed by atoms with Crippen LogP contribution in [-0.2, 0) is 6.18 Å². The summed E-state index contributed by atoms with van der Waals surface area (Å²) in [5.74, 6) is 0. The van der Waals surface area contributed by atoms with Gasteiger partial charge in [0.2, 0.25) is 0 Å². The first kappa shape index (κ1) is 7.90. The minimum Gasteiger partial charge on any atom is -0.200 e. The molecular formula is C5HF4N2. The van der Waals surface area contributed by atoms with E-state index < -0.39 is 17.9 Å². The second kappa shape index (κ2) is 2.44. The zero-order valence-corrected chi connectivity index (χ0v) is 4.98. The first-order valence-electron chi connectivity index (χ1n) is 2.48. The molecule has 1 heterocycles. The predicted molar refractivity (Wildman–Crippen MR) is 25.8 cm³/mol. The number of hydrogen-bond donors (Lipinski definition) is 0. The molecule has 1 aromatic heterocycles. The van der Waals surface area contributed by atoms with E-state index in [0.29, 0.717) is 6.07 Å². The van der Waals surface area contributed by atoms with Gasteiger partial charge in [0.25, 0.3) is 0 Å². The molecule has 2 nitrogen and oxygen atoms in total. The molecule has 6 heteroatoms. The molecule has 1 aromatic rings. The van der Waals surface area contributed by atoms with Gasteiger partial charge in [-0.1, -0.05) is 0 Å². The van der Waals surface area contributed by atoms with Crippen LogP contribution in [0.15, 0.2) is 6.07 Å². The highest BCUT2D eigenvalue weighted by atomic mass is 19.4. The first-order valence-corrected chi connectivity index (χ1v) is 2.48. The summed E-state index contributed by atoms with van der Waals surface area (Å²) >= 11 is 0. The Balaban J connectivity index is 3.06. The summed E-state index contributed by atoms with van der Waals surface area (Å²) in [5.41, 5.74) is -1.33. The van der Waals surface area contributed by atoms with Crippen molar-refractivity contribution >= 4 is 0 Å². The van der Waals surface area contributed by atoms with Crippen LogP contribution in [0.5, 0.6) is 0 Å². The summed E-state index contributed by atoms with van der Waals surface area (Å²) in [4.78, 5) is 5.26.